The molecule has 150 valence electrons. The van der Waals surface area contributed by atoms with Crippen molar-refractivity contribution >= 4 is 28.2 Å². The molecule has 6 heteroatoms. The molecule has 2 aromatic carbocycles. The van der Waals surface area contributed by atoms with Crippen LogP contribution >= 0.6 is 0 Å². The summed E-state index contributed by atoms with van der Waals surface area (Å²) in [5.41, 5.74) is 10.1. The zero-order valence-corrected chi connectivity index (χ0v) is 16.6. The van der Waals surface area contributed by atoms with Crippen molar-refractivity contribution in [2.75, 3.05) is 23.3 Å². The quantitative estimate of drug-likeness (QED) is 0.624. The smallest absolute Gasteiger partial charge is 0.253 e. The van der Waals surface area contributed by atoms with Gasteiger partial charge in [0.05, 0.1) is 0 Å². The van der Waals surface area contributed by atoms with Crippen LogP contribution in [0, 0.1) is 12.8 Å². The predicted molar refractivity (Wildman–Crippen MR) is 117 cm³/mol. The molecule has 29 heavy (non-hydrogen) atoms. The van der Waals surface area contributed by atoms with Gasteiger partial charge in [-0.25, -0.2) is 0 Å². The number of amides is 1. The molecule has 0 bridgehead atoms. The van der Waals surface area contributed by atoms with Crippen molar-refractivity contribution in [2.45, 2.75) is 26.3 Å². The number of aryl methyl sites for hydroxylation is 1. The number of hydrogen-bond acceptors (Lipinski definition) is 4. The zero-order valence-electron chi connectivity index (χ0n) is 16.6. The fraction of sp³-hybridized carbons (Fsp3) is 0.304. The van der Waals surface area contributed by atoms with E-state index in [0.717, 1.165) is 53.8 Å². The highest BCUT2D eigenvalue weighted by Gasteiger charge is 2.23. The van der Waals surface area contributed by atoms with Crippen molar-refractivity contribution in [1.82, 2.24) is 4.98 Å². The van der Waals surface area contributed by atoms with Gasteiger partial charge < -0.3 is 20.9 Å². The molecule has 0 atom stereocenters. The Morgan fingerprint density at radius 3 is 2.55 bits per heavy atom. The molecule has 1 aliphatic heterocycles. The number of pyridine rings is 1. The summed E-state index contributed by atoms with van der Waals surface area (Å²) in [5.74, 6) is -0.195. The van der Waals surface area contributed by atoms with Gasteiger partial charge in [-0.15, -0.1) is 0 Å². The number of rotatable bonds is 5. The number of primary amides is 1. The summed E-state index contributed by atoms with van der Waals surface area (Å²) in [5, 5.41) is 4.36. The second kappa shape index (κ2) is 7.99. The van der Waals surface area contributed by atoms with E-state index in [0.29, 0.717) is 12.1 Å². The number of hydrogen-bond donors (Lipinski definition) is 3. The molecule has 0 spiro atoms. The molecule has 1 aliphatic rings. The van der Waals surface area contributed by atoms with Gasteiger partial charge >= 0.3 is 0 Å². The molecule has 1 amide bonds. The van der Waals surface area contributed by atoms with Crippen molar-refractivity contribution in [1.29, 1.82) is 0 Å². The van der Waals surface area contributed by atoms with Gasteiger partial charge in [-0.05, 0) is 67.1 Å². The maximum absolute atomic E-state index is 12.4. The van der Waals surface area contributed by atoms with Crippen LogP contribution in [-0.2, 0) is 11.3 Å². The zero-order chi connectivity index (χ0) is 20.4. The minimum atomic E-state index is -0.192. The first kappa shape index (κ1) is 19.1. The fourth-order valence-corrected chi connectivity index (χ4v) is 3.90. The Balaban J connectivity index is 1.40. The average molecular weight is 390 g/mol. The number of aromatic amines is 1. The third-order valence-corrected chi connectivity index (χ3v) is 5.69. The first-order chi connectivity index (χ1) is 14.0. The number of aromatic nitrogens is 1. The van der Waals surface area contributed by atoms with E-state index >= 15 is 0 Å². The van der Waals surface area contributed by atoms with Crippen LogP contribution < -0.4 is 21.5 Å². The second-order valence-corrected chi connectivity index (χ2v) is 7.78. The Morgan fingerprint density at radius 1 is 1.14 bits per heavy atom. The number of anilines is 2. The molecule has 4 N–H and O–H groups in total. The third kappa shape index (κ3) is 4.26. The van der Waals surface area contributed by atoms with Gasteiger partial charge in [-0.1, -0.05) is 12.1 Å². The van der Waals surface area contributed by atoms with Gasteiger partial charge in [0, 0.05) is 48.0 Å². The topological polar surface area (TPSA) is 91.2 Å². The molecular weight excluding hydrogens is 364 g/mol. The van der Waals surface area contributed by atoms with Crippen LogP contribution in [0.25, 0.3) is 10.9 Å². The lowest BCUT2D eigenvalue weighted by atomic mass is 9.96. The monoisotopic (exact) mass is 390 g/mol. The van der Waals surface area contributed by atoms with Crippen LogP contribution in [0.5, 0.6) is 0 Å². The Kier molecular flexibility index (Phi) is 5.25. The van der Waals surface area contributed by atoms with Crippen molar-refractivity contribution in [3.8, 4) is 0 Å². The normalized spacial score (nSPS) is 14.9. The summed E-state index contributed by atoms with van der Waals surface area (Å²) in [4.78, 5) is 28.9. The summed E-state index contributed by atoms with van der Waals surface area (Å²) in [6.45, 7) is 4.15. The minimum absolute atomic E-state index is 0.00356. The molecule has 4 rings (SSSR count). The number of nitrogens with one attached hydrogen (secondary N) is 2. The maximum atomic E-state index is 12.4. The van der Waals surface area contributed by atoms with Crippen molar-refractivity contribution in [2.24, 2.45) is 11.7 Å². The van der Waals surface area contributed by atoms with E-state index in [1.807, 2.05) is 43.3 Å². The van der Waals surface area contributed by atoms with Gasteiger partial charge in [-0.3, -0.25) is 9.59 Å². The molecule has 1 saturated heterocycles. The Bertz CT molecular complexity index is 1080. The number of carbonyl (C=O) groups excluding carboxylic acids is 1. The van der Waals surface area contributed by atoms with Crippen LogP contribution in [0.4, 0.5) is 11.4 Å². The third-order valence-electron chi connectivity index (χ3n) is 5.69. The maximum Gasteiger partial charge on any atom is 0.253 e. The Morgan fingerprint density at radius 2 is 1.86 bits per heavy atom. The van der Waals surface area contributed by atoms with Crippen molar-refractivity contribution < 1.29 is 4.79 Å². The summed E-state index contributed by atoms with van der Waals surface area (Å²) in [7, 11) is 0. The first-order valence-corrected chi connectivity index (χ1v) is 10.0. The molecule has 6 nitrogen and oxygen atoms in total. The van der Waals surface area contributed by atoms with Crippen LogP contribution in [0.3, 0.4) is 0 Å². The van der Waals surface area contributed by atoms with Crippen LogP contribution in [0.15, 0.2) is 53.3 Å². The summed E-state index contributed by atoms with van der Waals surface area (Å²) in [6.07, 6.45) is 1.61. The molecule has 2 heterocycles. The molecule has 1 aromatic heterocycles. The SMILES string of the molecule is Cc1ccc2cc(CNc3ccc(N4CCC(C(N)=O)CC4)cc3)c(=O)[nH]c2c1. The number of fused-ring (bicyclic) bond motifs is 1. The van der Waals surface area contributed by atoms with Crippen LogP contribution in [0.2, 0.25) is 0 Å². The number of piperidine rings is 1. The number of nitrogens with two attached hydrogens (primary N) is 1. The number of benzene rings is 2. The lowest BCUT2D eigenvalue weighted by Gasteiger charge is -2.32. The molecule has 0 unspecified atom stereocenters. The minimum Gasteiger partial charge on any atom is -0.381 e. The largest absolute Gasteiger partial charge is 0.381 e. The molecule has 3 aromatic rings. The van der Waals surface area contributed by atoms with Gasteiger partial charge in [0.25, 0.3) is 5.56 Å². The standard InChI is InChI=1S/C23H26N4O2/c1-15-2-3-17-13-18(23(29)26-21(17)12-15)14-25-19-4-6-20(7-5-19)27-10-8-16(9-11-27)22(24)28/h2-7,12-13,16,25H,8-11,14H2,1H3,(H2,24,28)(H,26,29). The number of carbonyl (C=O) groups is 1. The highest BCUT2D eigenvalue weighted by molar-refractivity contribution is 5.79. The van der Waals surface area contributed by atoms with Crippen molar-refractivity contribution in [3.63, 3.8) is 0 Å². The molecule has 0 saturated carbocycles. The fourth-order valence-electron chi connectivity index (χ4n) is 3.90. The molecule has 1 fully saturated rings. The summed E-state index contributed by atoms with van der Waals surface area (Å²) < 4.78 is 0. The van der Waals surface area contributed by atoms with Gasteiger partial charge in [-0.2, -0.15) is 0 Å². The van der Waals surface area contributed by atoms with E-state index in [4.69, 9.17) is 5.73 Å². The van der Waals surface area contributed by atoms with E-state index in [9.17, 15) is 9.59 Å². The van der Waals surface area contributed by atoms with E-state index < -0.39 is 0 Å². The van der Waals surface area contributed by atoms with E-state index in [1.165, 1.54) is 0 Å². The summed E-state index contributed by atoms with van der Waals surface area (Å²) >= 11 is 0. The highest BCUT2D eigenvalue weighted by atomic mass is 16.1. The average Bonchev–Trinajstić information content (AvgIpc) is 2.73. The lowest BCUT2D eigenvalue weighted by Crippen LogP contribution is -2.38. The van der Waals surface area contributed by atoms with Gasteiger partial charge in [0.15, 0.2) is 0 Å². The predicted octanol–water partition coefficient (Wildman–Crippen LogP) is 3.15. The van der Waals surface area contributed by atoms with Crippen LogP contribution in [0.1, 0.15) is 24.0 Å². The van der Waals surface area contributed by atoms with E-state index in [2.05, 4.69) is 27.3 Å². The van der Waals surface area contributed by atoms with Gasteiger partial charge in [0.1, 0.15) is 0 Å². The lowest BCUT2D eigenvalue weighted by molar-refractivity contribution is -0.122. The van der Waals surface area contributed by atoms with Crippen LogP contribution in [-0.4, -0.2) is 24.0 Å². The van der Waals surface area contributed by atoms with Crippen molar-refractivity contribution in [3.05, 3.63) is 70.0 Å². The second-order valence-electron chi connectivity index (χ2n) is 7.78. The number of H-pyrrole nitrogens is 1. The van der Waals surface area contributed by atoms with E-state index in [1.54, 1.807) is 0 Å². The molecule has 0 radical (unpaired) electrons. The molecule has 0 aliphatic carbocycles. The Hall–Kier alpha value is -3.28. The van der Waals surface area contributed by atoms with Gasteiger partial charge in [0.2, 0.25) is 5.91 Å². The summed E-state index contributed by atoms with van der Waals surface area (Å²) in [6, 6.07) is 16.2. The highest BCUT2D eigenvalue weighted by Crippen LogP contribution is 2.24. The Labute approximate surface area is 169 Å². The van der Waals surface area contributed by atoms with E-state index in [-0.39, 0.29) is 17.4 Å². The first-order valence-electron chi connectivity index (χ1n) is 10.0. The molecular formula is C23H26N4O2. The number of nitrogens with zero attached hydrogens (tertiary/aromatic N) is 1.